The maximum atomic E-state index is 13.0. The van der Waals surface area contributed by atoms with E-state index in [0.717, 1.165) is 5.56 Å². The van der Waals surface area contributed by atoms with E-state index in [0.29, 0.717) is 17.4 Å². The number of fused-ring (bicyclic) bond motifs is 1. The molecule has 0 fully saturated rings. The SMILES string of the molecule is CCC(C)C(NS(=O)(=O)c1ccc(C)cc1)C(=O)Oc1cc2oc(=O)cc(C)c2cc1Cl. The van der Waals surface area contributed by atoms with Gasteiger partial charge < -0.3 is 9.15 Å². The topological polar surface area (TPSA) is 103 Å². The van der Waals surface area contributed by atoms with Crippen LogP contribution in [-0.4, -0.2) is 20.4 Å². The zero-order valence-corrected chi connectivity index (χ0v) is 19.7. The molecule has 2 unspecified atom stereocenters. The molecular formula is C23H24ClNO6S. The predicted molar refractivity (Wildman–Crippen MR) is 123 cm³/mol. The van der Waals surface area contributed by atoms with E-state index in [4.69, 9.17) is 20.8 Å². The van der Waals surface area contributed by atoms with Crippen molar-refractivity contribution in [1.82, 2.24) is 4.72 Å². The molecule has 0 spiro atoms. The molecular weight excluding hydrogens is 454 g/mol. The Hall–Kier alpha value is -2.68. The summed E-state index contributed by atoms with van der Waals surface area (Å²) < 4.78 is 38.8. The van der Waals surface area contributed by atoms with Gasteiger partial charge in [0, 0.05) is 17.5 Å². The number of sulfonamides is 1. The molecule has 1 heterocycles. The fraction of sp³-hybridized carbons (Fsp3) is 0.304. The van der Waals surface area contributed by atoms with Gasteiger partial charge in [-0.2, -0.15) is 4.72 Å². The second-order valence-corrected chi connectivity index (χ2v) is 9.87. The standard InChI is InChI=1S/C23H24ClNO6S/c1-5-14(3)22(25-32(28,29)16-8-6-13(2)7-9-16)23(27)31-20-12-19-17(11-18(20)24)15(4)10-21(26)30-19/h6-12,14,22,25H,5H2,1-4H3. The number of ether oxygens (including phenoxy) is 1. The van der Waals surface area contributed by atoms with Gasteiger partial charge in [-0.3, -0.25) is 0 Å². The van der Waals surface area contributed by atoms with Crippen LogP contribution in [0.15, 0.2) is 56.6 Å². The summed E-state index contributed by atoms with van der Waals surface area (Å²) in [6.45, 7) is 7.17. The first kappa shape index (κ1) is 24.0. The van der Waals surface area contributed by atoms with Gasteiger partial charge in [-0.25, -0.2) is 18.0 Å². The monoisotopic (exact) mass is 477 g/mol. The third-order valence-electron chi connectivity index (χ3n) is 5.29. The molecule has 3 aromatic rings. The van der Waals surface area contributed by atoms with Crippen LogP contribution in [0.3, 0.4) is 0 Å². The van der Waals surface area contributed by atoms with Crippen LogP contribution in [0.2, 0.25) is 5.02 Å². The summed E-state index contributed by atoms with van der Waals surface area (Å²) in [6, 6.07) is 9.37. The molecule has 0 aliphatic rings. The normalized spacial score (nSPS) is 13.7. The zero-order chi connectivity index (χ0) is 23.6. The molecule has 1 N–H and O–H groups in total. The predicted octanol–water partition coefficient (Wildman–Crippen LogP) is 4.36. The minimum atomic E-state index is -3.97. The van der Waals surface area contributed by atoms with Crippen molar-refractivity contribution in [3.05, 3.63) is 69.0 Å². The minimum absolute atomic E-state index is 0.0271. The molecule has 2 atom stereocenters. The Kier molecular flexibility index (Phi) is 7.07. The Morgan fingerprint density at radius 2 is 1.81 bits per heavy atom. The highest BCUT2D eigenvalue weighted by molar-refractivity contribution is 7.89. The van der Waals surface area contributed by atoms with Crippen LogP contribution in [0.4, 0.5) is 0 Å². The lowest BCUT2D eigenvalue weighted by Gasteiger charge is -2.23. The van der Waals surface area contributed by atoms with E-state index in [1.165, 1.54) is 30.3 Å². The molecule has 0 bridgehead atoms. The van der Waals surface area contributed by atoms with Gasteiger partial charge in [0.15, 0.2) is 5.75 Å². The number of halogens is 1. The molecule has 0 radical (unpaired) electrons. The molecule has 0 amide bonds. The van der Waals surface area contributed by atoms with Gasteiger partial charge in [-0.1, -0.05) is 49.6 Å². The number of hydrogen-bond acceptors (Lipinski definition) is 6. The maximum Gasteiger partial charge on any atom is 0.336 e. The van der Waals surface area contributed by atoms with Gasteiger partial charge in [0.2, 0.25) is 10.0 Å². The van der Waals surface area contributed by atoms with E-state index in [1.54, 1.807) is 26.0 Å². The van der Waals surface area contributed by atoms with Crippen molar-refractivity contribution < 1.29 is 22.4 Å². The van der Waals surface area contributed by atoms with Crippen LogP contribution in [0.5, 0.6) is 5.75 Å². The second-order valence-electron chi connectivity index (χ2n) is 7.75. The smallest absolute Gasteiger partial charge is 0.336 e. The van der Waals surface area contributed by atoms with Crippen LogP contribution in [0.25, 0.3) is 11.0 Å². The summed E-state index contributed by atoms with van der Waals surface area (Å²) in [5.74, 6) is -1.20. The fourth-order valence-corrected chi connectivity index (χ4v) is 4.65. The first-order chi connectivity index (χ1) is 15.0. The molecule has 170 valence electrons. The Labute approximate surface area is 191 Å². The van der Waals surface area contributed by atoms with Gasteiger partial charge in [0.05, 0.1) is 9.92 Å². The summed E-state index contributed by atoms with van der Waals surface area (Å²) in [7, 11) is -3.97. The van der Waals surface area contributed by atoms with E-state index in [-0.39, 0.29) is 27.2 Å². The van der Waals surface area contributed by atoms with Crippen LogP contribution in [0, 0.1) is 19.8 Å². The molecule has 2 aromatic carbocycles. The number of aryl methyl sites for hydroxylation is 2. The maximum absolute atomic E-state index is 13.0. The van der Waals surface area contributed by atoms with Crippen molar-refractivity contribution >= 4 is 38.6 Å². The van der Waals surface area contributed by atoms with E-state index < -0.39 is 27.7 Å². The average molecular weight is 478 g/mol. The van der Waals surface area contributed by atoms with Crippen molar-refractivity contribution in [3.8, 4) is 5.75 Å². The zero-order valence-electron chi connectivity index (χ0n) is 18.1. The number of nitrogens with one attached hydrogen (secondary N) is 1. The van der Waals surface area contributed by atoms with Crippen molar-refractivity contribution in [3.63, 3.8) is 0 Å². The quantitative estimate of drug-likeness (QED) is 0.308. The number of carbonyl (C=O) groups is 1. The fourth-order valence-electron chi connectivity index (χ4n) is 3.15. The molecule has 32 heavy (non-hydrogen) atoms. The van der Waals surface area contributed by atoms with E-state index in [1.807, 2.05) is 13.8 Å². The number of esters is 1. The van der Waals surface area contributed by atoms with Gasteiger partial charge in [0.25, 0.3) is 0 Å². The van der Waals surface area contributed by atoms with Crippen molar-refractivity contribution in [2.45, 2.75) is 45.1 Å². The van der Waals surface area contributed by atoms with Gasteiger partial charge in [-0.15, -0.1) is 0 Å². The van der Waals surface area contributed by atoms with Crippen molar-refractivity contribution in [2.75, 3.05) is 0 Å². The highest BCUT2D eigenvalue weighted by Gasteiger charge is 2.32. The highest BCUT2D eigenvalue weighted by atomic mass is 35.5. The largest absolute Gasteiger partial charge is 0.424 e. The number of benzene rings is 2. The molecule has 0 saturated heterocycles. The number of carbonyl (C=O) groups excluding carboxylic acids is 1. The van der Waals surface area contributed by atoms with Gasteiger partial charge in [0.1, 0.15) is 11.6 Å². The van der Waals surface area contributed by atoms with Crippen molar-refractivity contribution in [1.29, 1.82) is 0 Å². The molecule has 9 heteroatoms. The third kappa shape index (κ3) is 5.20. The van der Waals surface area contributed by atoms with E-state index in [2.05, 4.69) is 4.72 Å². The van der Waals surface area contributed by atoms with Crippen LogP contribution < -0.4 is 15.1 Å². The number of hydrogen-bond donors (Lipinski definition) is 1. The van der Waals surface area contributed by atoms with Crippen LogP contribution in [0.1, 0.15) is 31.4 Å². The summed E-state index contributed by atoms with van der Waals surface area (Å²) in [5.41, 5.74) is 1.24. The second kappa shape index (κ2) is 9.44. The number of rotatable bonds is 7. The first-order valence-corrected chi connectivity index (χ1v) is 11.9. The lowest BCUT2D eigenvalue weighted by molar-refractivity contribution is -0.137. The summed E-state index contributed by atoms with van der Waals surface area (Å²) in [5, 5.41) is 0.736. The Balaban J connectivity index is 1.92. The van der Waals surface area contributed by atoms with Crippen LogP contribution >= 0.6 is 11.6 Å². The summed E-state index contributed by atoms with van der Waals surface area (Å²) in [6.07, 6.45) is 0.524. The minimum Gasteiger partial charge on any atom is -0.424 e. The Bertz CT molecular complexity index is 1310. The summed E-state index contributed by atoms with van der Waals surface area (Å²) >= 11 is 6.29. The van der Waals surface area contributed by atoms with Crippen molar-refractivity contribution in [2.24, 2.45) is 5.92 Å². The van der Waals surface area contributed by atoms with E-state index >= 15 is 0 Å². The molecule has 0 aliphatic heterocycles. The highest BCUT2D eigenvalue weighted by Crippen LogP contribution is 2.31. The Morgan fingerprint density at radius 3 is 2.44 bits per heavy atom. The lowest BCUT2D eigenvalue weighted by atomic mass is 10.0. The molecule has 1 aromatic heterocycles. The Morgan fingerprint density at radius 1 is 1.16 bits per heavy atom. The summed E-state index contributed by atoms with van der Waals surface area (Å²) in [4.78, 5) is 24.7. The van der Waals surface area contributed by atoms with E-state index in [9.17, 15) is 18.0 Å². The van der Waals surface area contributed by atoms with Gasteiger partial charge >= 0.3 is 11.6 Å². The van der Waals surface area contributed by atoms with Gasteiger partial charge in [-0.05, 0) is 43.5 Å². The third-order valence-corrected chi connectivity index (χ3v) is 7.05. The molecule has 3 rings (SSSR count). The molecule has 7 nitrogen and oxygen atoms in total. The van der Waals surface area contributed by atoms with Crippen LogP contribution in [-0.2, 0) is 14.8 Å². The average Bonchev–Trinajstić information content (AvgIpc) is 2.73. The lowest BCUT2D eigenvalue weighted by Crippen LogP contribution is -2.46. The molecule has 0 saturated carbocycles. The first-order valence-electron chi connectivity index (χ1n) is 10.1. The molecule has 0 aliphatic carbocycles.